The van der Waals surface area contributed by atoms with E-state index >= 15 is 0 Å². The minimum Gasteiger partial charge on any atom is -0.342 e. The summed E-state index contributed by atoms with van der Waals surface area (Å²) in [5.74, 6) is -0.492. The Morgan fingerprint density at radius 1 is 1.43 bits per heavy atom. The van der Waals surface area contributed by atoms with Crippen molar-refractivity contribution in [2.75, 3.05) is 19.6 Å². The van der Waals surface area contributed by atoms with Gasteiger partial charge in [-0.2, -0.15) is 18.4 Å². The molecule has 4 nitrogen and oxygen atoms in total. The first-order valence-corrected chi connectivity index (χ1v) is 3.87. The van der Waals surface area contributed by atoms with Gasteiger partial charge in [-0.3, -0.25) is 4.79 Å². The van der Waals surface area contributed by atoms with E-state index in [0.717, 1.165) is 0 Å². The number of nitriles is 1. The zero-order valence-electron chi connectivity index (χ0n) is 7.32. The van der Waals surface area contributed by atoms with E-state index in [1.807, 2.05) is 0 Å². The fraction of sp³-hybridized carbons (Fsp3) is 0.714. The van der Waals surface area contributed by atoms with E-state index in [2.05, 4.69) is 10.6 Å². The fourth-order valence-corrected chi connectivity index (χ4v) is 0.633. The summed E-state index contributed by atoms with van der Waals surface area (Å²) in [6.45, 7) is -0.652. The largest absolute Gasteiger partial charge is 0.390 e. The van der Waals surface area contributed by atoms with Gasteiger partial charge in [0.15, 0.2) is 0 Å². The van der Waals surface area contributed by atoms with Crippen molar-refractivity contribution in [1.29, 1.82) is 5.26 Å². The van der Waals surface area contributed by atoms with E-state index in [9.17, 15) is 18.0 Å². The Bertz CT molecular complexity index is 221. The molecule has 0 aromatic rings. The molecule has 0 aliphatic rings. The van der Waals surface area contributed by atoms with Crippen molar-refractivity contribution in [3.63, 3.8) is 0 Å². The smallest absolute Gasteiger partial charge is 0.342 e. The predicted molar refractivity (Wildman–Crippen MR) is 42.2 cm³/mol. The predicted octanol–water partition coefficient (Wildman–Crippen LogP) is 0.168. The Kier molecular flexibility index (Phi) is 5.64. The SMILES string of the molecule is N#CCNC(=O)CNCCC(F)(F)F. The first-order valence-electron chi connectivity index (χ1n) is 3.87. The number of carbonyl (C=O) groups excluding carboxylic acids is 1. The Balaban J connectivity index is 3.37. The molecule has 0 bridgehead atoms. The van der Waals surface area contributed by atoms with Gasteiger partial charge in [0.1, 0.15) is 6.54 Å². The molecule has 0 rings (SSSR count). The molecule has 0 aromatic carbocycles. The summed E-state index contributed by atoms with van der Waals surface area (Å²) in [5.41, 5.74) is 0. The molecule has 1 amide bonds. The molecule has 0 atom stereocenters. The fourth-order valence-electron chi connectivity index (χ4n) is 0.633. The summed E-state index contributed by atoms with van der Waals surface area (Å²) < 4.78 is 34.8. The van der Waals surface area contributed by atoms with Crippen LogP contribution in [0.25, 0.3) is 0 Å². The molecule has 0 fully saturated rings. The van der Waals surface area contributed by atoms with E-state index in [0.29, 0.717) is 0 Å². The highest BCUT2D eigenvalue weighted by Crippen LogP contribution is 2.17. The van der Waals surface area contributed by atoms with Gasteiger partial charge in [-0.15, -0.1) is 0 Å². The van der Waals surface area contributed by atoms with Crippen LogP contribution in [0.15, 0.2) is 0 Å². The van der Waals surface area contributed by atoms with Crippen LogP contribution in [0.2, 0.25) is 0 Å². The van der Waals surface area contributed by atoms with Crippen molar-refractivity contribution in [2.24, 2.45) is 0 Å². The third-order valence-electron chi connectivity index (χ3n) is 1.24. The topological polar surface area (TPSA) is 64.9 Å². The van der Waals surface area contributed by atoms with Gasteiger partial charge in [-0.05, 0) is 0 Å². The van der Waals surface area contributed by atoms with Gasteiger partial charge in [0.2, 0.25) is 5.91 Å². The van der Waals surface area contributed by atoms with Gasteiger partial charge < -0.3 is 10.6 Å². The molecule has 0 spiro atoms. The lowest BCUT2D eigenvalue weighted by Crippen LogP contribution is -2.35. The molecule has 0 saturated carbocycles. The van der Waals surface area contributed by atoms with Gasteiger partial charge in [-0.25, -0.2) is 0 Å². The lowest BCUT2D eigenvalue weighted by molar-refractivity contribution is -0.134. The molecular formula is C7H10F3N3O. The van der Waals surface area contributed by atoms with Crippen LogP contribution in [0, 0.1) is 11.3 Å². The number of nitrogens with zero attached hydrogens (tertiary/aromatic N) is 1. The summed E-state index contributed by atoms with van der Waals surface area (Å²) in [4.78, 5) is 10.7. The average Bonchev–Trinajstić information content (AvgIpc) is 2.07. The molecule has 0 heterocycles. The molecule has 14 heavy (non-hydrogen) atoms. The van der Waals surface area contributed by atoms with E-state index < -0.39 is 18.5 Å². The maximum atomic E-state index is 11.6. The zero-order valence-corrected chi connectivity index (χ0v) is 7.32. The van der Waals surface area contributed by atoms with Crippen LogP contribution in [-0.4, -0.2) is 31.7 Å². The molecule has 0 aliphatic carbocycles. The van der Waals surface area contributed by atoms with Crippen molar-refractivity contribution < 1.29 is 18.0 Å². The normalized spacial score (nSPS) is 10.7. The third kappa shape index (κ3) is 8.80. The highest BCUT2D eigenvalue weighted by atomic mass is 19.4. The molecule has 0 saturated heterocycles. The van der Waals surface area contributed by atoms with Crippen LogP contribution in [-0.2, 0) is 4.79 Å². The van der Waals surface area contributed by atoms with Crippen LogP contribution >= 0.6 is 0 Å². The van der Waals surface area contributed by atoms with Crippen LogP contribution in [0.3, 0.4) is 0 Å². The average molecular weight is 209 g/mol. The number of rotatable bonds is 5. The molecule has 0 radical (unpaired) electrons. The highest BCUT2D eigenvalue weighted by Gasteiger charge is 2.25. The monoisotopic (exact) mass is 209 g/mol. The Morgan fingerprint density at radius 2 is 2.07 bits per heavy atom. The van der Waals surface area contributed by atoms with E-state index in [4.69, 9.17) is 5.26 Å². The Hall–Kier alpha value is -1.29. The molecule has 80 valence electrons. The van der Waals surface area contributed by atoms with Crippen molar-refractivity contribution in [3.8, 4) is 6.07 Å². The number of halogens is 3. The van der Waals surface area contributed by atoms with Gasteiger partial charge in [0.25, 0.3) is 0 Å². The maximum Gasteiger partial charge on any atom is 0.390 e. The second kappa shape index (κ2) is 6.21. The number of alkyl halides is 3. The van der Waals surface area contributed by atoms with E-state index in [-0.39, 0.29) is 19.6 Å². The highest BCUT2D eigenvalue weighted by molar-refractivity contribution is 5.78. The van der Waals surface area contributed by atoms with Gasteiger partial charge >= 0.3 is 6.18 Å². The van der Waals surface area contributed by atoms with Crippen LogP contribution < -0.4 is 10.6 Å². The Morgan fingerprint density at radius 3 is 2.57 bits per heavy atom. The van der Waals surface area contributed by atoms with Crippen molar-refractivity contribution in [3.05, 3.63) is 0 Å². The van der Waals surface area contributed by atoms with Gasteiger partial charge in [-0.1, -0.05) is 0 Å². The summed E-state index contributed by atoms with van der Waals surface area (Å²) in [5, 5.41) is 12.6. The summed E-state index contributed by atoms with van der Waals surface area (Å²) in [7, 11) is 0. The van der Waals surface area contributed by atoms with Crippen LogP contribution in [0.4, 0.5) is 13.2 Å². The minimum absolute atomic E-state index is 0.139. The second-order valence-corrected chi connectivity index (χ2v) is 2.48. The Labute approximate surface area is 79.1 Å². The van der Waals surface area contributed by atoms with Gasteiger partial charge in [0.05, 0.1) is 19.0 Å². The quantitative estimate of drug-likeness (QED) is 0.501. The zero-order chi connectivity index (χ0) is 11.0. The van der Waals surface area contributed by atoms with E-state index in [1.54, 1.807) is 6.07 Å². The number of hydrogen-bond acceptors (Lipinski definition) is 3. The summed E-state index contributed by atoms with van der Waals surface area (Å²) in [6.07, 6.45) is -5.19. The number of hydrogen-bond donors (Lipinski definition) is 2. The second-order valence-electron chi connectivity index (χ2n) is 2.48. The van der Waals surface area contributed by atoms with Crippen LogP contribution in [0.5, 0.6) is 0 Å². The lowest BCUT2D eigenvalue weighted by atomic mass is 10.4. The molecule has 0 aromatic heterocycles. The van der Waals surface area contributed by atoms with Crippen molar-refractivity contribution >= 4 is 5.91 Å². The summed E-state index contributed by atoms with van der Waals surface area (Å²) in [6, 6.07) is 1.67. The molecule has 2 N–H and O–H groups in total. The van der Waals surface area contributed by atoms with Gasteiger partial charge in [0, 0.05) is 6.54 Å². The minimum atomic E-state index is -4.21. The first-order chi connectivity index (χ1) is 6.45. The standard InChI is InChI=1S/C7H10F3N3O/c8-7(9,10)1-3-12-5-6(14)13-4-2-11/h12H,1,3-5H2,(H,13,14). The molecular weight excluding hydrogens is 199 g/mol. The molecule has 7 heteroatoms. The van der Waals surface area contributed by atoms with Crippen LogP contribution in [0.1, 0.15) is 6.42 Å². The van der Waals surface area contributed by atoms with Crippen molar-refractivity contribution in [2.45, 2.75) is 12.6 Å². The lowest BCUT2D eigenvalue weighted by Gasteiger charge is -2.06. The third-order valence-corrected chi connectivity index (χ3v) is 1.24. The number of carbonyl (C=O) groups is 1. The molecule has 0 unspecified atom stereocenters. The number of amides is 1. The number of nitrogens with one attached hydrogen (secondary N) is 2. The van der Waals surface area contributed by atoms with Crippen molar-refractivity contribution in [1.82, 2.24) is 10.6 Å². The summed E-state index contributed by atoms with van der Waals surface area (Å²) >= 11 is 0. The molecule has 0 aliphatic heterocycles. The maximum absolute atomic E-state index is 11.6. The van der Waals surface area contributed by atoms with E-state index in [1.165, 1.54) is 0 Å². The first kappa shape index (κ1) is 12.7.